The predicted octanol–water partition coefficient (Wildman–Crippen LogP) is 5.67. The molecule has 2 heterocycles. The van der Waals surface area contributed by atoms with Gasteiger partial charge in [0.15, 0.2) is 0 Å². The van der Waals surface area contributed by atoms with E-state index in [-0.39, 0.29) is 17.9 Å². The Kier molecular flexibility index (Phi) is 6.32. The van der Waals surface area contributed by atoms with Gasteiger partial charge in [0.2, 0.25) is 5.95 Å². The summed E-state index contributed by atoms with van der Waals surface area (Å²) in [5.41, 5.74) is 4.07. The van der Waals surface area contributed by atoms with Crippen LogP contribution in [-0.2, 0) is 16.0 Å². The Hall–Kier alpha value is -3.62. The summed E-state index contributed by atoms with van der Waals surface area (Å²) in [5, 5.41) is 9.72. The summed E-state index contributed by atoms with van der Waals surface area (Å²) in [6.07, 6.45) is 3.93. The average Bonchev–Trinajstić information content (AvgIpc) is 3.27. The third kappa shape index (κ3) is 4.06. The third-order valence-electron chi connectivity index (χ3n) is 7.66. The van der Waals surface area contributed by atoms with Crippen LogP contribution < -0.4 is 9.80 Å². The number of hydrogen-bond donors (Lipinski definition) is 1. The molecule has 9 heteroatoms. The second-order valence-corrected chi connectivity index (χ2v) is 9.83. The topological polar surface area (TPSA) is 87.9 Å². The van der Waals surface area contributed by atoms with Crippen molar-refractivity contribution in [3.63, 3.8) is 0 Å². The van der Waals surface area contributed by atoms with Crippen LogP contribution >= 0.6 is 0 Å². The van der Waals surface area contributed by atoms with Crippen LogP contribution in [0.3, 0.4) is 0 Å². The lowest BCUT2D eigenvalue weighted by molar-refractivity contribution is -0.143. The molecule has 0 saturated heterocycles. The summed E-state index contributed by atoms with van der Waals surface area (Å²) < 4.78 is 21.3. The number of halogens is 1. The normalized spacial score (nSPS) is 21.8. The maximum absolute atomic E-state index is 14.1. The Labute approximate surface area is 209 Å². The van der Waals surface area contributed by atoms with Crippen molar-refractivity contribution in [2.75, 3.05) is 24.0 Å². The van der Waals surface area contributed by atoms with E-state index in [0.717, 1.165) is 48.0 Å². The molecule has 3 atom stereocenters. The molecule has 1 amide bonds. The summed E-state index contributed by atoms with van der Waals surface area (Å²) in [7, 11) is 3.23. The van der Waals surface area contributed by atoms with Crippen LogP contribution in [0.5, 0.6) is 0 Å². The molecular weight excluding hydrogens is 463 g/mol. The number of hydrogen-bond acceptors (Lipinski definition) is 5. The Morgan fingerprint density at radius 2 is 2.00 bits per heavy atom. The minimum atomic E-state index is -0.774. The molecule has 1 aromatic heterocycles. The number of rotatable bonds is 4. The zero-order valence-corrected chi connectivity index (χ0v) is 20.8. The number of nitrogens with zero attached hydrogens (tertiary/aromatic N) is 4. The van der Waals surface area contributed by atoms with Crippen molar-refractivity contribution in [3.05, 3.63) is 47.8 Å². The zero-order chi connectivity index (χ0) is 25.6. The van der Waals surface area contributed by atoms with Gasteiger partial charge in [0.25, 0.3) is 0 Å². The first-order valence-electron chi connectivity index (χ1n) is 12.4. The van der Waals surface area contributed by atoms with E-state index in [1.165, 1.54) is 19.2 Å². The maximum atomic E-state index is 14.1. The van der Waals surface area contributed by atoms with Crippen molar-refractivity contribution >= 4 is 40.4 Å². The second-order valence-electron chi connectivity index (χ2n) is 9.83. The van der Waals surface area contributed by atoms with Gasteiger partial charge in [0.1, 0.15) is 5.82 Å². The summed E-state index contributed by atoms with van der Waals surface area (Å²) in [6, 6.07) is 10.2. The highest BCUT2D eigenvalue weighted by Crippen LogP contribution is 2.43. The van der Waals surface area contributed by atoms with Crippen molar-refractivity contribution in [1.29, 1.82) is 0 Å². The van der Waals surface area contributed by atoms with Crippen LogP contribution in [0.2, 0.25) is 0 Å². The zero-order valence-electron chi connectivity index (χ0n) is 20.8. The number of methoxy groups -OCH3 is 1. The number of carboxylic acids is 1. The molecule has 0 bridgehead atoms. The minimum Gasteiger partial charge on any atom is -0.481 e. The number of amides is 1. The first-order valence-corrected chi connectivity index (χ1v) is 12.4. The van der Waals surface area contributed by atoms with Gasteiger partial charge in [0, 0.05) is 30.4 Å². The van der Waals surface area contributed by atoms with E-state index in [4.69, 9.17) is 9.72 Å². The van der Waals surface area contributed by atoms with E-state index in [9.17, 15) is 19.1 Å². The van der Waals surface area contributed by atoms with Crippen molar-refractivity contribution < 1.29 is 23.8 Å². The van der Waals surface area contributed by atoms with Gasteiger partial charge in [-0.25, -0.2) is 14.2 Å². The smallest absolute Gasteiger partial charge is 0.414 e. The second kappa shape index (κ2) is 9.44. The first-order chi connectivity index (χ1) is 17.3. The van der Waals surface area contributed by atoms with Crippen LogP contribution in [-0.4, -0.2) is 46.9 Å². The summed E-state index contributed by atoms with van der Waals surface area (Å²) in [5.74, 6) is -0.903. The molecule has 0 radical (unpaired) electrons. The molecule has 0 spiro atoms. The highest BCUT2D eigenvalue weighted by atomic mass is 19.1. The van der Waals surface area contributed by atoms with Gasteiger partial charge in [-0.2, -0.15) is 0 Å². The van der Waals surface area contributed by atoms with Crippen LogP contribution in [0.1, 0.15) is 50.6 Å². The van der Waals surface area contributed by atoms with E-state index < -0.39 is 18.0 Å². The van der Waals surface area contributed by atoms with E-state index in [1.807, 2.05) is 37.1 Å². The Morgan fingerprint density at radius 1 is 1.19 bits per heavy atom. The first kappa shape index (κ1) is 24.1. The number of aliphatic carboxylic acids is 1. The number of anilines is 3. The number of fused-ring (bicyclic) bond motifs is 3. The fourth-order valence-electron chi connectivity index (χ4n) is 5.78. The number of carboxylic acid groups (broad SMARTS) is 1. The van der Waals surface area contributed by atoms with Gasteiger partial charge < -0.3 is 19.3 Å². The molecule has 190 valence electrons. The molecule has 2 aromatic carbocycles. The van der Waals surface area contributed by atoms with E-state index in [1.54, 1.807) is 11.0 Å². The molecule has 1 N–H and O–H groups in total. The third-order valence-corrected chi connectivity index (χ3v) is 7.66. The molecule has 36 heavy (non-hydrogen) atoms. The predicted molar refractivity (Wildman–Crippen MR) is 135 cm³/mol. The molecule has 1 unspecified atom stereocenters. The molecule has 1 fully saturated rings. The van der Waals surface area contributed by atoms with Gasteiger partial charge in [-0.05, 0) is 69.4 Å². The van der Waals surface area contributed by atoms with Crippen LogP contribution in [0.15, 0.2) is 36.4 Å². The number of imidazole rings is 1. The highest BCUT2D eigenvalue weighted by molar-refractivity contribution is 5.96. The number of benzene rings is 2. The van der Waals surface area contributed by atoms with Gasteiger partial charge in [-0.15, -0.1) is 0 Å². The quantitative estimate of drug-likeness (QED) is 0.503. The fourth-order valence-corrected chi connectivity index (χ4v) is 5.78. The molecular formula is C27H31FN4O4. The largest absolute Gasteiger partial charge is 0.481 e. The van der Waals surface area contributed by atoms with Crippen molar-refractivity contribution in [3.8, 4) is 0 Å². The maximum Gasteiger partial charge on any atom is 0.414 e. The molecule has 5 rings (SSSR count). The number of ether oxygens (including phenoxy) is 1. The molecule has 2 aliphatic rings. The Bertz CT molecular complexity index is 1320. The van der Waals surface area contributed by atoms with Gasteiger partial charge in [-0.1, -0.05) is 12.5 Å². The van der Waals surface area contributed by atoms with E-state index >= 15 is 0 Å². The monoisotopic (exact) mass is 494 g/mol. The number of aromatic nitrogens is 2. The fraction of sp³-hybridized carbons (Fsp3) is 0.444. The molecule has 8 nitrogen and oxygen atoms in total. The molecule has 1 saturated carbocycles. The Balaban J connectivity index is 1.70. The Morgan fingerprint density at radius 3 is 2.72 bits per heavy atom. The van der Waals surface area contributed by atoms with Gasteiger partial charge in [-0.3, -0.25) is 9.69 Å². The SMILES string of the molecule is COC(=O)N1c2ccc3c(nc(N(C)c4cccc(F)c4)n3[C@@H]3CCC[C@@H](C(=O)O)C3)c2CCC1C. The standard InChI is InChI=1S/C27H31FN4O4/c1-16-10-11-21-22(31(16)27(35)36-3)12-13-23-24(21)29-26(30(2)19-8-5-7-18(28)15-19)32(23)20-9-4-6-17(14-20)25(33)34/h5,7-8,12-13,15-17,20H,4,6,9-11,14H2,1-3H3,(H,33,34)/t16?,17-,20-/m1/s1. The molecule has 1 aliphatic carbocycles. The molecule has 1 aliphatic heterocycles. The van der Waals surface area contributed by atoms with Crippen molar-refractivity contribution in [2.45, 2.75) is 57.5 Å². The number of aryl methyl sites for hydroxylation is 1. The summed E-state index contributed by atoms with van der Waals surface area (Å²) in [6.45, 7) is 2.00. The number of carbonyl (C=O) groups is 2. The van der Waals surface area contributed by atoms with E-state index in [2.05, 4.69) is 4.57 Å². The lowest BCUT2D eigenvalue weighted by Crippen LogP contribution is -2.42. The van der Waals surface area contributed by atoms with Crippen LogP contribution in [0, 0.1) is 11.7 Å². The summed E-state index contributed by atoms with van der Waals surface area (Å²) in [4.78, 5) is 33.0. The van der Waals surface area contributed by atoms with Gasteiger partial charge in [0.05, 0.1) is 29.7 Å². The van der Waals surface area contributed by atoms with Crippen molar-refractivity contribution in [2.24, 2.45) is 5.92 Å². The lowest BCUT2D eigenvalue weighted by Gasteiger charge is -2.34. The minimum absolute atomic E-state index is 0.00593. The van der Waals surface area contributed by atoms with Crippen LogP contribution in [0.25, 0.3) is 11.0 Å². The lowest BCUT2D eigenvalue weighted by atomic mass is 9.85. The van der Waals surface area contributed by atoms with Crippen LogP contribution in [0.4, 0.5) is 26.5 Å². The van der Waals surface area contributed by atoms with Gasteiger partial charge >= 0.3 is 12.1 Å². The van der Waals surface area contributed by atoms with E-state index in [0.29, 0.717) is 24.5 Å². The molecule has 3 aromatic rings. The average molecular weight is 495 g/mol. The highest BCUT2D eigenvalue weighted by Gasteiger charge is 2.35. The number of carbonyl (C=O) groups excluding carboxylic acids is 1. The summed E-state index contributed by atoms with van der Waals surface area (Å²) >= 11 is 0. The van der Waals surface area contributed by atoms with Crippen molar-refractivity contribution in [1.82, 2.24) is 9.55 Å².